The smallest absolute Gasteiger partial charge is 0.417 e. The monoisotopic (exact) mass is 711 g/mol. The standard InChI is InChI=1S/C35H30F5N5O6/c1-18-41-31-27(44(18)2)16-23(35(38,39)40)29(32(31)49-3)22-6-4-7-26-21(22)9-11-45(26)33(47)19-14-24(36)30(25(37)15-19)43-28(46)8-5-12-51-34(48)42-20-10-13-50-17-20/h4-9,11,14-16,20H,10,12-13,17H2,1-3H3,(H,42,48)(H,43,46)/b8-5+/t20-/m0/s1. The molecule has 2 N–H and O–H groups in total. The minimum atomic E-state index is -4.80. The van der Waals surface area contributed by atoms with Crippen molar-refractivity contribution in [1.82, 2.24) is 19.4 Å². The predicted molar refractivity (Wildman–Crippen MR) is 176 cm³/mol. The number of benzene rings is 3. The van der Waals surface area contributed by atoms with Gasteiger partial charge >= 0.3 is 12.3 Å². The number of nitrogens with one attached hydrogen (secondary N) is 2. The van der Waals surface area contributed by atoms with Gasteiger partial charge in [0.05, 0.1) is 36.4 Å². The first-order chi connectivity index (χ1) is 24.3. The number of alkyl carbamates (subject to hydrolysis) is 1. The van der Waals surface area contributed by atoms with Crippen LogP contribution in [0.3, 0.4) is 0 Å². The highest BCUT2D eigenvalue weighted by atomic mass is 19.4. The van der Waals surface area contributed by atoms with E-state index in [9.17, 15) is 27.6 Å². The van der Waals surface area contributed by atoms with Gasteiger partial charge in [0.15, 0.2) is 17.4 Å². The Labute approximate surface area is 286 Å². The van der Waals surface area contributed by atoms with Crippen LogP contribution in [-0.4, -0.2) is 65.0 Å². The lowest BCUT2D eigenvalue weighted by molar-refractivity contribution is -0.137. The summed E-state index contributed by atoms with van der Waals surface area (Å²) in [6.45, 7) is 2.24. The Kier molecular flexibility index (Phi) is 9.53. The van der Waals surface area contributed by atoms with Gasteiger partial charge in [-0.2, -0.15) is 13.2 Å². The molecule has 0 unspecified atom stereocenters. The number of amides is 2. The first kappa shape index (κ1) is 35.1. The maximum absolute atomic E-state index is 15.1. The minimum absolute atomic E-state index is 0.0892. The van der Waals surface area contributed by atoms with E-state index in [1.165, 1.54) is 48.2 Å². The van der Waals surface area contributed by atoms with E-state index in [0.717, 1.165) is 28.8 Å². The lowest BCUT2D eigenvalue weighted by Crippen LogP contribution is -2.35. The Balaban J connectivity index is 1.25. The average molecular weight is 712 g/mol. The second-order valence-electron chi connectivity index (χ2n) is 11.7. The number of rotatable bonds is 8. The zero-order valence-electron chi connectivity index (χ0n) is 27.4. The van der Waals surface area contributed by atoms with Gasteiger partial charge in [0, 0.05) is 42.4 Å². The molecule has 0 radical (unpaired) electrons. The summed E-state index contributed by atoms with van der Waals surface area (Å²) in [5, 5.41) is 4.87. The molecular weight excluding hydrogens is 681 g/mol. The summed E-state index contributed by atoms with van der Waals surface area (Å²) >= 11 is 0. The number of imidazole rings is 1. The Bertz CT molecular complexity index is 2200. The molecule has 6 rings (SSSR count). The fraction of sp³-hybridized carbons (Fsp3) is 0.257. The van der Waals surface area contributed by atoms with Crippen LogP contribution in [-0.2, 0) is 27.5 Å². The number of anilines is 1. The second kappa shape index (κ2) is 13.9. The molecule has 11 nitrogen and oxygen atoms in total. The van der Waals surface area contributed by atoms with Gasteiger partial charge in [-0.05, 0) is 55.3 Å². The van der Waals surface area contributed by atoms with Crippen molar-refractivity contribution in [2.24, 2.45) is 7.05 Å². The molecule has 2 aromatic heterocycles. The fourth-order valence-corrected chi connectivity index (χ4v) is 5.92. The Morgan fingerprint density at radius 1 is 1.10 bits per heavy atom. The number of hydrogen-bond acceptors (Lipinski definition) is 7. The molecule has 0 bridgehead atoms. The number of aryl methyl sites for hydroxylation is 2. The molecule has 5 aromatic rings. The number of nitrogens with zero attached hydrogens (tertiary/aromatic N) is 3. The van der Waals surface area contributed by atoms with Gasteiger partial charge in [-0.1, -0.05) is 12.1 Å². The van der Waals surface area contributed by atoms with Crippen molar-refractivity contribution >= 4 is 45.5 Å². The van der Waals surface area contributed by atoms with Gasteiger partial charge in [-0.25, -0.2) is 18.6 Å². The van der Waals surface area contributed by atoms with Gasteiger partial charge in [-0.3, -0.25) is 14.2 Å². The van der Waals surface area contributed by atoms with Gasteiger partial charge in [-0.15, -0.1) is 0 Å². The number of carbonyl (C=O) groups excluding carboxylic acids is 3. The van der Waals surface area contributed by atoms with Crippen molar-refractivity contribution in [2.75, 3.05) is 32.2 Å². The Hall–Kier alpha value is -5.77. The maximum atomic E-state index is 15.1. The molecule has 51 heavy (non-hydrogen) atoms. The summed E-state index contributed by atoms with van der Waals surface area (Å²) in [6.07, 6.45) is -1.51. The van der Waals surface area contributed by atoms with Crippen molar-refractivity contribution in [3.63, 3.8) is 0 Å². The van der Waals surface area contributed by atoms with Gasteiger partial charge in [0.2, 0.25) is 5.91 Å². The topological polar surface area (TPSA) is 126 Å². The lowest BCUT2D eigenvalue weighted by Gasteiger charge is -2.18. The molecule has 0 spiro atoms. The summed E-state index contributed by atoms with van der Waals surface area (Å²) < 4.78 is 92.0. The molecule has 2 amide bonds. The minimum Gasteiger partial charge on any atom is -0.494 e. The Morgan fingerprint density at radius 3 is 2.51 bits per heavy atom. The highest BCUT2D eigenvalue weighted by Crippen LogP contribution is 2.48. The van der Waals surface area contributed by atoms with Gasteiger partial charge < -0.3 is 29.4 Å². The van der Waals surface area contributed by atoms with E-state index in [0.29, 0.717) is 25.5 Å². The highest BCUT2D eigenvalue weighted by Gasteiger charge is 2.38. The average Bonchev–Trinajstić information content (AvgIpc) is 3.82. The van der Waals surface area contributed by atoms with E-state index in [1.54, 1.807) is 14.0 Å². The highest BCUT2D eigenvalue weighted by molar-refractivity contribution is 6.08. The SMILES string of the molecule is COc1c(-c2cccc3c2ccn3C(=O)c2cc(F)c(NC(=O)/C=C/COC(=O)N[C@H]3CCOC3)c(F)c2)c(C(F)(F)F)cc2c1nc(C)n2C. The number of aromatic nitrogens is 3. The second-order valence-corrected chi connectivity index (χ2v) is 11.7. The van der Waals surface area contributed by atoms with E-state index in [4.69, 9.17) is 14.2 Å². The number of alkyl halides is 3. The van der Waals surface area contributed by atoms with Crippen molar-refractivity contribution in [1.29, 1.82) is 0 Å². The van der Waals surface area contributed by atoms with E-state index in [2.05, 4.69) is 15.6 Å². The summed E-state index contributed by atoms with van der Waals surface area (Å²) in [4.78, 5) is 42.1. The number of carbonyl (C=O) groups is 3. The molecular formula is C35H30F5N5O6. The van der Waals surface area contributed by atoms with Gasteiger partial charge in [0.1, 0.15) is 23.6 Å². The van der Waals surface area contributed by atoms with Crippen LogP contribution in [0.2, 0.25) is 0 Å². The number of methoxy groups -OCH3 is 1. The van der Waals surface area contributed by atoms with Crippen LogP contribution < -0.4 is 15.4 Å². The molecule has 1 aliphatic rings. The predicted octanol–water partition coefficient (Wildman–Crippen LogP) is 6.51. The van der Waals surface area contributed by atoms with Crippen LogP contribution in [0.1, 0.15) is 28.2 Å². The van der Waals surface area contributed by atoms with Crippen LogP contribution in [0.15, 0.2) is 60.8 Å². The number of hydrogen-bond donors (Lipinski definition) is 2. The van der Waals surface area contributed by atoms with Crippen LogP contribution in [0, 0.1) is 18.6 Å². The van der Waals surface area contributed by atoms with Crippen LogP contribution in [0.25, 0.3) is 33.1 Å². The quantitative estimate of drug-likeness (QED) is 0.139. The third kappa shape index (κ3) is 6.86. The molecule has 1 saturated heterocycles. The van der Waals surface area contributed by atoms with Gasteiger partial charge in [0.25, 0.3) is 5.91 Å². The zero-order chi connectivity index (χ0) is 36.6. The summed E-state index contributed by atoms with van der Waals surface area (Å²) in [6, 6.07) is 8.06. The third-order valence-corrected chi connectivity index (χ3v) is 8.45. The first-order valence-electron chi connectivity index (χ1n) is 15.5. The van der Waals surface area contributed by atoms with Crippen LogP contribution in [0.4, 0.5) is 32.4 Å². The molecule has 16 heteroatoms. The number of fused-ring (bicyclic) bond motifs is 2. The first-order valence-corrected chi connectivity index (χ1v) is 15.5. The molecule has 3 heterocycles. The third-order valence-electron chi connectivity index (χ3n) is 8.45. The fourth-order valence-electron chi connectivity index (χ4n) is 5.92. The summed E-state index contributed by atoms with van der Waals surface area (Å²) in [5.74, 6) is -3.99. The lowest BCUT2D eigenvalue weighted by atomic mass is 9.94. The number of ether oxygens (including phenoxy) is 3. The molecule has 1 aliphatic heterocycles. The Morgan fingerprint density at radius 2 is 1.84 bits per heavy atom. The molecule has 3 aromatic carbocycles. The normalized spacial score (nSPS) is 14.8. The largest absolute Gasteiger partial charge is 0.494 e. The van der Waals surface area contributed by atoms with E-state index in [1.807, 2.05) is 0 Å². The summed E-state index contributed by atoms with van der Waals surface area (Å²) in [5.41, 5.74) is -1.86. The number of halogens is 5. The van der Waals surface area contributed by atoms with Crippen molar-refractivity contribution in [2.45, 2.75) is 25.6 Å². The van der Waals surface area contributed by atoms with E-state index in [-0.39, 0.29) is 51.5 Å². The van der Waals surface area contributed by atoms with Crippen LogP contribution >= 0.6 is 0 Å². The van der Waals surface area contributed by atoms with Crippen molar-refractivity contribution < 1.29 is 50.5 Å². The van der Waals surface area contributed by atoms with E-state index >= 15 is 8.78 Å². The maximum Gasteiger partial charge on any atom is 0.417 e. The zero-order valence-corrected chi connectivity index (χ0v) is 27.4. The van der Waals surface area contributed by atoms with Crippen molar-refractivity contribution in [3.8, 4) is 16.9 Å². The molecule has 1 atom stereocenters. The molecule has 0 aliphatic carbocycles. The van der Waals surface area contributed by atoms with Crippen LogP contribution in [0.5, 0.6) is 5.75 Å². The molecule has 0 saturated carbocycles. The molecule has 266 valence electrons. The summed E-state index contributed by atoms with van der Waals surface area (Å²) in [7, 11) is 2.83. The van der Waals surface area contributed by atoms with Crippen molar-refractivity contribution in [3.05, 3.63) is 89.4 Å². The molecule has 1 fully saturated rings. The van der Waals surface area contributed by atoms with E-state index < -0.39 is 52.5 Å².